The van der Waals surface area contributed by atoms with E-state index in [1.807, 2.05) is 0 Å². The zero-order chi connectivity index (χ0) is 15.5. The standard InChI is InChI=1S/C12H15BrN4O3S/c1-8(5-10-3-2-4-20-10)17-21(18,19)11-6-9(13)7-15-12(11)16-14/h2-4,6-8,17H,5,14H2,1H3,(H,15,16). The van der Waals surface area contributed by atoms with Crippen LogP contribution >= 0.6 is 15.9 Å². The van der Waals surface area contributed by atoms with Crippen LogP contribution in [0.3, 0.4) is 0 Å². The van der Waals surface area contributed by atoms with Gasteiger partial charge in [0.1, 0.15) is 10.7 Å². The van der Waals surface area contributed by atoms with Gasteiger partial charge in [0.15, 0.2) is 5.82 Å². The van der Waals surface area contributed by atoms with Crippen molar-refractivity contribution < 1.29 is 12.8 Å². The normalized spacial score (nSPS) is 13.1. The van der Waals surface area contributed by atoms with Crippen molar-refractivity contribution in [1.82, 2.24) is 9.71 Å². The van der Waals surface area contributed by atoms with E-state index in [1.54, 1.807) is 25.3 Å². The quantitative estimate of drug-likeness (QED) is 0.523. The minimum Gasteiger partial charge on any atom is -0.469 e. The van der Waals surface area contributed by atoms with Crippen molar-refractivity contribution in [2.24, 2.45) is 5.84 Å². The molecule has 114 valence electrons. The summed E-state index contributed by atoms with van der Waals surface area (Å²) in [4.78, 5) is 3.90. The van der Waals surface area contributed by atoms with Gasteiger partial charge < -0.3 is 9.84 Å². The van der Waals surface area contributed by atoms with Crippen LogP contribution in [0.2, 0.25) is 0 Å². The lowest BCUT2D eigenvalue weighted by molar-refractivity contribution is 0.479. The summed E-state index contributed by atoms with van der Waals surface area (Å²) >= 11 is 3.19. The summed E-state index contributed by atoms with van der Waals surface area (Å²) in [5.74, 6) is 6.09. The Bertz CT molecular complexity index is 703. The van der Waals surface area contributed by atoms with Gasteiger partial charge in [-0.1, -0.05) is 0 Å². The molecule has 0 bridgehead atoms. The summed E-state index contributed by atoms with van der Waals surface area (Å²) in [5.41, 5.74) is 2.28. The number of halogens is 1. The number of hydrogen-bond acceptors (Lipinski definition) is 6. The minimum atomic E-state index is -3.75. The van der Waals surface area contributed by atoms with Crippen molar-refractivity contribution in [1.29, 1.82) is 0 Å². The summed E-state index contributed by atoms with van der Waals surface area (Å²) in [6, 6.07) is 4.64. The van der Waals surface area contributed by atoms with Crippen LogP contribution in [0.5, 0.6) is 0 Å². The third-order valence-corrected chi connectivity index (χ3v) is 4.73. The number of aromatic nitrogens is 1. The molecule has 9 heteroatoms. The van der Waals surface area contributed by atoms with Crippen LogP contribution in [0.4, 0.5) is 5.82 Å². The maximum absolute atomic E-state index is 12.4. The van der Waals surface area contributed by atoms with Crippen LogP contribution in [0, 0.1) is 0 Å². The van der Waals surface area contributed by atoms with Crippen LogP contribution in [-0.4, -0.2) is 19.4 Å². The van der Waals surface area contributed by atoms with Gasteiger partial charge in [-0.2, -0.15) is 0 Å². The highest BCUT2D eigenvalue weighted by Gasteiger charge is 2.22. The average molecular weight is 375 g/mol. The maximum Gasteiger partial charge on any atom is 0.244 e. The second-order valence-electron chi connectivity index (χ2n) is 4.45. The van der Waals surface area contributed by atoms with Gasteiger partial charge in [0.05, 0.1) is 6.26 Å². The highest BCUT2D eigenvalue weighted by molar-refractivity contribution is 9.10. The lowest BCUT2D eigenvalue weighted by Gasteiger charge is -2.15. The topological polar surface area (TPSA) is 110 Å². The van der Waals surface area contributed by atoms with E-state index in [0.717, 1.165) is 0 Å². The minimum absolute atomic E-state index is 0.0225. The van der Waals surface area contributed by atoms with Gasteiger partial charge in [0.25, 0.3) is 0 Å². The number of furan rings is 1. The zero-order valence-corrected chi connectivity index (χ0v) is 13.6. The van der Waals surface area contributed by atoms with E-state index >= 15 is 0 Å². The number of pyridine rings is 1. The first-order valence-corrected chi connectivity index (χ1v) is 8.37. The molecule has 0 saturated carbocycles. The lowest BCUT2D eigenvalue weighted by atomic mass is 10.2. The number of nitrogens with one attached hydrogen (secondary N) is 2. The Hall–Kier alpha value is -1.42. The molecule has 4 N–H and O–H groups in total. The molecule has 0 spiro atoms. The van der Waals surface area contributed by atoms with Gasteiger partial charge in [-0.05, 0) is 41.1 Å². The van der Waals surface area contributed by atoms with Crippen molar-refractivity contribution in [3.05, 3.63) is 40.9 Å². The van der Waals surface area contributed by atoms with Gasteiger partial charge in [-0.3, -0.25) is 0 Å². The Labute approximate surface area is 131 Å². The SMILES string of the molecule is CC(Cc1ccco1)NS(=O)(=O)c1cc(Br)cnc1NN. The third kappa shape index (κ3) is 4.03. The largest absolute Gasteiger partial charge is 0.469 e. The molecule has 0 amide bonds. The molecule has 2 aromatic rings. The number of rotatable bonds is 6. The second-order valence-corrected chi connectivity index (χ2v) is 7.05. The fraction of sp³-hybridized carbons (Fsp3) is 0.250. The van der Waals surface area contributed by atoms with E-state index in [0.29, 0.717) is 16.7 Å². The van der Waals surface area contributed by atoms with E-state index in [1.165, 1.54) is 12.3 Å². The molecule has 0 radical (unpaired) electrons. The maximum atomic E-state index is 12.4. The Morgan fingerprint density at radius 1 is 1.52 bits per heavy atom. The Kier molecular flexibility index (Phi) is 4.99. The van der Waals surface area contributed by atoms with E-state index < -0.39 is 10.0 Å². The first kappa shape index (κ1) is 16.0. The van der Waals surface area contributed by atoms with Crippen molar-refractivity contribution in [3.63, 3.8) is 0 Å². The highest BCUT2D eigenvalue weighted by atomic mass is 79.9. The number of hydrogen-bond donors (Lipinski definition) is 3. The van der Waals surface area contributed by atoms with Crippen LogP contribution in [0.15, 0.2) is 44.4 Å². The van der Waals surface area contributed by atoms with Gasteiger partial charge in [0, 0.05) is 23.1 Å². The van der Waals surface area contributed by atoms with Crippen LogP contribution in [0.25, 0.3) is 0 Å². The number of sulfonamides is 1. The molecular formula is C12H15BrN4O3S. The van der Waals surface area contributed by atoms with Gasteiger partial charge >= 0.3 is 0 Å². The van der Waals surface area contributed by atoms with Gasteiger partial charge in [0.2, 0.25) is 10.0 Å². The molecule has 1 atom stereocenters. The molecule has 0 aromatic carbocycles. The molecule has 7 nitrogen and oxygen atoms in total. The van der Waals surface area contributed by atoms with E-state index in [4.69, 9.17) is 10.3 Å². The summed E-state index contributed by atoms with van der Waals surface area (Å²) in [6.07, 6.45) is 3.45. The molecule has 0 aliphatic heterocycles. The fourth-order valence-electron chi connectivity index (χ4n) is 1.83. The number of hydrazine groups is 1. The molecule has 0 fully saturated rings. The third-order valence-electron chi connectivity index (χ3n) is 2.69. The first-order valence-electron chi connectivity index (χ1n) is 6.09. The Morgan fingerprint density at radius 2 is 2.29 bits per heavy atom. The number of nitrogens with zero attached hydrogens (tertiary/aromatic N) is 1. The van der Waals surface area contributed by atoms with Crippen LogP contribution in [-0.2, 0) is 16.4 Å². The van der Waals surface area contributed by atoms with Crippen LogP contribution < -0.4 is 16.0 Å². The van der Waals surface area contributed by atoms with Crippen molar-refractivity contribution in [2.45, 2.75) is 24.3 Å². The monoisotopic (exact) mass is 374 g/mol. The fourth-order valence-corrected chi connectivity index (χ4v) is 3.71. The average Bonchev–Trinajstić information content (AvgIpc) is 2.90. The summed E-state index contributed by atoms with van der Waals surface area (Å²) < 4.78 is 33.1. The van der Waals surface area contributed by atoms with E-state index in [9.17, 15) is 8.42 Å². The number of nitrogen functional groups attached to an aromatic ring is 1. The van der Waals surface area contributed by atoms with E-state index in [2.05, 4.69) is 31.1 Å². The second kappa shape index (κ2) is 6.56. The molecule has 0 aliphatic carbocycles. The molecule has 0 saturated heterocycles. The zero-order valence-electron chi connectivity index (χ0n) is 11.2. The molecule has 2 aromatic heterocycles. The highest BCUT2D eigenvalue weighted by Crippen LogP contribution is 2.22. The van der Waals surface area contributed by atoms with Crippen molar-refractivity contribution in [2.75, 3.05) is 5.43 Å². The van der Waals surface area contributed by atoms with Crippen molar-refractivity contribution in [3.8, 4) is 0 Å². The predicted molar refractivity (Wildman–Crippen MR) is 81.9 cm³/mol. The smallest absolute Gasteiger partial charge is 0.244 e. The number of nitrogens with two attached hydrogens (primary N) is 1. The van der Waals surface area contributed by atoms with Crippen LogP contribution in [0.1, 0.15) is 12.7 Å². The number of anilines is 1. The summed E-state index contributed by atoms with van der Waals surface area (Å²) in [6.45, 7) is 1.75. The predicted octanol–water partition coefficient (Wildman–Crippen LogP) is 1.63. The van der Waals surface area contributed by atoms with E-state index in [-0.39, 0.29) is 16.8 Å². The summed E-state index contributed by atoms with van der Waals surface area (Å²) in [5, 5.41) is 0. The molecule has 2 heterocycles. The Morgan fingerprint density at radius 3 is 2.90 bits per heavy atom. The molecule has 1 unspecified atom stereocenters. The molecular weight excluding hydrogens is 360 g/mol. The first-order chi connectivity index (χ1) is 9.92. The molecule has 0 aliphatic rings. The lowest BCUT2D eigenvalue weighted by Crippen LogP contribution is -2.34. The Balaban J connectivity index is 2.20. The van der Waals surface area contributed by atoms with Gasteiger partial charge in [-0.15, -0.1) is 0 Å². The molecule has 21 heavy (non-hydrogen) atoms. The van der Waals surface area contributed by atoms with Crippen molar-refractivity contribution >= 4 is 31.8 Å². The molecule has 2 rings (SSSR count). The van der Waals surface area contributed by atoms with Gasteiger partial charge in [-0.25, -0.2) is 24.0 Å². The summed E-state index contributed by atoms with van der Waals surface area (Å²) in [7, 11) is -3.75.